The molecule has 118 valence electrons. The maximum atomic E-state index is 11.7. The van der Waals surface area contributed by atoms with Crippen LogP contribution in [0, 0.1) is 0 Å². The summed E-state index contributed by atoms with van der Waals surface area (Å²) in [5.74, 6) is -0.984. The molecule has 23 heavy (non-hydrogen) atoms. The van der Waals surface area contributed by atoms with Gasteiger partial charge in [0, 0.05) is 10.2 Å². The van der Waals surface area contributed by atoms with E-state index in [9.17, 15) is 9.59 Å². The van der Waals surface area contributed by atoms with E-state index in [1.165, 1.54) is 6.21 Å². The minimum Gasteiger partial charge on any atom is -0.497 e. The van der Waals surface area contributed by atoms with Gasteiger partial charge in [-0.3, -0.25) is 9.59 Å². The fourth-order valence-electron chi connectivity index (χ4n) is 1.69. The lowest BCUT2D eigenvalue weighted by Gasteiger charge is -2.04. The van der Waals surface area contributed by atoms with Gasteiger partial charge in [0.2, 0.25) is 0 Å². The monoisotopic (exact) mass is 375 g/mol. The Bertz CT molecular complexity index is 747. The summed E-state index contributed by atoms with van der Waals surface area (Å²) in [6, 6.07) is 14.0. The van der Waals surface area contributed by atoms with Gasteiger partial charge in [0.05, 0.1) is 13.3 Å². The molecular formula is C16H14BrN3O3. The van der Waals surface area contributed by atoms with Crippen LogP contribution in [0.2, 0.25) is 0 Å². The van der Waals surface area contributed by atoms with E-state index >= 15 is 0 Å². The van der Waals surface area contributed by atoms with Crippen LogP contribution in [0.5, 0.6) is 5.75 Å². The number of benzene rings is 2. The van der Waals surface area contributed by atoms with Crippen molar-refractivity contribution in [2.75, 3.05) is 12.4 Å². The summed E-state index contributed by atoms with van der Waals surface area (Å²) < 4.78 is 5.88. The number of hydrazone groups is 1. The maximum Gasteiger partial charge on any atom is 0.329 e. The number of hydrogen-bond acceptors (Lipinski definition) is 4. The molecule has 0 saturated heterocycles. The van der Waals surface area contributed by atoms with Gasteiger partial charge in [-0.25, -0.2) is 5.43 Å². The fourth-order valence-corrected chi connectivity index (χ4v) is 2.09. The molecule has 0 fully saturated rings. The van der Waals surface area contributed by atoms with E-state index in [0.717, 1.165) is 10.0 Å². The Morgan fingerprint density at radius 3 is 2.65 bits per heavy atom. The highest BCUT2D eigenvalue weighted by molar-refractivity contribution is 9.10. The van der Waals surface area contributed by atoms with Crippen molar-refractivity contribution in [1.29, 1.82) is 0 Å². The summed E-state index contributed by atoms with van der Waals surface area (Å²) in [4.78, 5) is 23.4. The van der Waals surface area contributed by atoms with E-state index in [1.807, 2.05) is 6.07 Å². The summed E-state index contributed by atoms with van der Waals surface area (Å²) in [6.07, 6.45) is 1.42. The van der Waals surface area contributed by atoms with Crippen LogP contribution >= 0.6 is 15.9 Å². The summed E-state index contributed by atoms with van der Waals surface area (Å²) >= 11 is 3.28. The Kier molecular flexibility index (Phi) is 5.87. The summed E-state index contributed by atoms with van der Waals surface area (Å²) in [7, 11) is 1.56. The first kappa shape index (κ1) is 16.7. The molecule has 0 spiro atoms. The molecule has 0 radical (unpaired) electrons. The van der Waals surface area contributed by atoms with Crippen molar-refractivity contribution in [3.63, 3.8) is 0 Å². The lowest BCUT2D eigenvalue weighted by molar-refractivity contribution is -0.136. The van der Waals surface area contributed by atoms with Crippen LogP contribution in [0.1, 0.15) is 5.56 Å². The lowest BCUT2D eigenvalue weighted by Crippen LogP contribution is -2.32. The summed E-state index contributed by atoms with van der Waals surface area (Å²) in [5.41, 5.74) is 3.41. The Morgan fingerprint density at radius 1 is 1.13 bits per heavy atom. The van der Waals surface area contributed by atoms with Crippen molar-refractivity contribution in [3.05, 3.63) is 58.6 Å². The van der Waals surface area contributed by atoms with Gasteiger partial charge in [0.1, 0.15) is 5.75 Å². The summed E-state index contributed by atoms with van der Waals surface area (Å²) in [5, 5.41) is 6.22. The van der Waals surface area contributed by atoms with Gasteiger partial charge in [-0.2, -0.15) is 5.10 Å². The van der Waals surface area contributed by atoms with Gasteiger partial charge in [-0.1, -0.05) is 34.1 Å². The van der Waals surface area contributed by atoms with E-state index in [4.69, 9.17) is 4.74 Å². The predicted octanol–water partition coefficient (Wildman–Crippen LogP) is 2.55. The van der Waals surface area contributed by atoms with Gasteiger partial charge in [-0.15, -0.1) is 0 Å². The quantitative estimate of drug-likeness (QED) is 0.489. The third-order valence-corrected chi connectivity index (χ3v) is 3.26. The van der Waals surface area contributed by atoms with Gasteiger partial charge in [-0.05, 0) is 35.9 Å². The van der Waals surface area contributed by atoms with Gasteiger partial charge in [0.25, 0.3) is 0 Å². The number of amides is 2. The van der Waals surface area contributed by atoms with Crippen LogP contribution in [0.25, 0.3) is 0 Å². The van der Waals surface area contributed by atoms with Crippen LogP contribution in [-0.4, -0.2) is 25.1 Å². The van der Waals surface area contributed by atoms with Gasteiger partial charge >= 0.3 is 11.8 Å². The van der Waals surface area contributed by atoms with Crippen molar-refractivity contribution in [2.24, 2.45) is 5.10 Å². The Morgan fingerprint density at radius 2 is 1.91 bits per heavy atom. The van der Waals surface area contributed by atoms with Crippen LogP contribution in [0.4, 0.5) is 5.69 Å². The zero-order valence-electron chi connectivity index (χ0n) is 12.2. The van der Waals surface area contributed by atoms with Crippen molar-refractivity contribution in [3.8, 4) is 5.75 Å². The second-order valence-electron chi connectivity index (χ2n) is 4.44. The average Bonchev–Trinajstić information content (AvgIpc) is 2.55. The SMILES string of the molecule is COc1cccc(/C=N/NC(=O)C(=O)Nc2cccc(Br)c2)c1. The molecule has 0 saturated carbocycles. The Labute approximate surface area is 141 Å². The molecule has 6 nitrogen and oxygen atoms in total. The van der Waals surface area contributed by atoms with E-state index in [-0.39, 0.29) is 0 Å². The number of nitrogens with zero attached hydrogens (tertiary/aromatic N) is 1. The van der Waals surface area contributed by atoms with Crippen LogP contribution in [0.3, 0.4) is 0 Å². The minimum absolute atomic E-state index is 0.510. The minimum atomic E-state index is -0.857. The third-order valence-electron chi connectivity index (χ3n) is 2.76. The molecule has 0 aliphatic heterocycles. The van der Waals surface area contributed by atoms with Crippen LogP contribution < -0.4 is 15.5 Å². The molecule has 2 N–H and O–H groups in total. The van der Waals surface area contributed by atoms with Gasteiger partial charge in [0.15, 0.2) is 0 Å². The van der Waals surface area contributed by atoms with E-state index in [1.54, 1.807) is 49.6 Å². The zero-order chi connectivity index (χ0) is 16.7. The predicted molar refractivity (Wildman–Crippen MR) is 91.5 cm³/mol. The number of carbonyl (C=O) groups excluding carboxylic acids is 2. The molecule has 0 heterocycles. The number of methoxy groups -OCH3 is 1. The first-order valence-electron chi connectivity index (χ1n) is 6.62. The molecule has 2 aromatic rings. The first-order valence-corrected chi connectivity index (χ1v) is 7.42. The molecule has 2 amide bonds. The second-order valence-corrected chi connectivity index (χ2v) is 5.36. The highest BCUT2D eigenvalue weighted by Crippen LogP contribution is 2.15. The molecule has 2 rings (SSSR count). The normalized spacial score (nSPS) is 10.3. The molecule has 0 atom stereocenters. The molecule has 2 aromatic carbocycles. The molecular weight excluding hydrogens is 362 g/mol. The number of anilines is 1. The molecule has 7 heteroatoms. The Balaban J connectivity index is 1.90. The number of hydrogen-bond donors (Lipinski definition) is 2. The molecule has 0 aliphatic carbocycles. The summed E-state index contributed by atoms with van der Waals surface area (Å²) in [6.45, 7) is 0. The zero-order valence-corrected chi connectivity index (χ0v) is 13.8. The smallest absolute Gasteiger partial charge is 0.329 e. The van der Waals surface area contributed by atoms with E-state index in [2.05, 4.69) is 31.8 Å². The number of nitrogens with one attached hydrogen (secondary N) is 2. The lowest BCUT2D eigenvalue weighted by atomic mass is 10.2. The number of ether oxygens (including phenoxy) is 1. The average molecular weight is 376 g/mol. The molecule has 0 aliphatic rings. The van der Waals surface area contributed by atoms with E-state index < -0.39 is 11.8 Å². The highest BCUT2D eigenvalue weighted by Gasteiger charge is 2.12. The maximum absolute atomic E-state index is 11.7. The molecule has 0 bridgehead atoms. The van der Waals surface area contributed by atoms with Crippen molar-refractivity contribution >= 4 is 39.6 Å². The van der Waals surface area contributed by atoms with Crippen LogP contribution in [-0.2, 0) is 9.59 Å². The topological polar surface area (TPSA) is 79.8 Å². The van der Waals surface area contributed by atoms with E-state index in [0.29, 0.717) is 11.4 Å². The molecule has 0 unspecified atom stereocenters. The number of rotatable bonds is 4. The second kappa shape index (κ2) is 8.09. The fraction of sp³-hybridized carbons (Fsp3) is 0.0625. The van der Waals surface area contributed by atoms with Gasteiger partial charge < -0.3 is 10.1 Å². The third kappa shape index (κ3) is 5.23. The number of halogens is 1. The number of carbonyl (C=O) groups is 2. The first-order chi connectivity index (χ1) is 11.1. The largest absolute Gasteiger partial charge is 0.497 e. The van der Waals surface area contributed by atoms with Crippen molar-refractivity contribution < 1.29 is 14.3 Å². The molecule has 0 aromatic heterocycles. The Hall–Kier alpha value is -2.67. The standard InChI is InChI=1S/C16H14BrN3O3/c1-23-14-7-2-4-11(8-14)10-18-20-16(22)15(21)19-13-6-3-5-12(17)9-13/h2-10H,1H3,(H,19,21)(H,20,22)/b18-10+. The van der Waals surface area contributed by atoms with Crippen LogP contribution in [0.15, 0.2) is 58.1 Å². The highest BCUT2D eigenvalue weighted by atomic mass is 79.9. The van der Waals surface area contributed by atoms with Crippen molar-refractivity contribution in [2.45, 2.75) is 0 Å². The van der Waals surface area contributed by atoms with Crippen molar-refractivity contribution in [1.82, 2.24) is 5.43 Å².